The van der Waals surface area contributed by atoms with E-state index in [2.05, 4.69) is 5.32 Å². The first-order valence-corrected chi connectivity index (χ1v) is 10.5. The lowest BCUT2D eigenvalue weighted by Crippen LogP contribution is -2.13. The standard InChI is InChI=1S/C21H21N3O4S2/c1-3-27-16-11-7-14(8-12-16)23-19(25)17-18(22)24(21(29)30-17)15-9-5-13(6-10-15)20(26)28-4-2/h5-12H,3-4,22H2,1-2H3,(H,23,25). The quantitative estimate of drug-likeness (QED) is 0.407. The van der Waals surface area contributed by atoms with Crippen molar-refractivity contribution >= 4 is 46.9 Å². The summed E-state index contributed by atoms with van der Waals surface area (Å²) in [7, 11) is 0. The summed E-state index contributed by atoms with van der Waals surface area (Å²) in [5.74, 6) is 0.205. The summed E-state index contributed by atoms with van der Waals surface area (Å²) in [6.45, 7) is 4.52. The van der Waals surface area contributed by atoms with Crippen LogP contribution in [0.4, 0.5) is 11.5 Å². The number of benzene rings is 2. The summed E-state index contributed by atoms with van der Waals surface area (Å²) in [5.41, 5.74) is 7.93. The highest BCUT2D eigenvalue weighted by Gasteiger charge is 2.19. The Labute approximate surface area is 183 Å². The van der Waals surface area contributed by atoms with Crippen LogP contribution in [0.1, 0.15) is 33.9 Å². The number of carbonyl (C=O) groups excluding carboxylic acids is 2. The fraction of sp³-hybridized carbons (Fsp3) is 0.190. The number of esters is 1. The Morgan fingerprint density at radius 1 is 1.07 bits per heavy atom. The normalized spacial score (nSPS) is 10.5. The highest BCUT2D eigenvalue weighted by Crippen LogP contribution is 2.27. The third-order valence-corrected chi connectivity index (χ3v) is 5.50. The van der Waals surface area contributed by atoms with E-state index in [1.54, 1.807) is 60.0 Å². The van der Waals surface area contributed by atoms with Crippen molar-refractivity contribution < 1.29 is 19.1 Å². The monoisotopic (exact) mass is 443 g/mol. The molecule has 0 aliphatic rings. The number of amides is 1. The summed E-state index contributed by atoms with van der Waals surface area (Å²) in [6, 6.07) is 13.7. The van der Waals surface area contributed by atoms with Gasteiger partial charge >= 0.3 is 5.97 Å². The fourth-order valence-corrected chi connectivity index (χ4v) is 4.01. The lowest BCUT2D eigenvalue weighted by molar-refractivity contribution is 0.0526. The molecular weight excluding hydrogens is 422 g/mol. The van der Waals surface area contributed by atoms with E-state index in [1.165, 1.54) is 0 Å². The van der Waals surface area contributed by atoms with Gasteiger partial charge in [-0.1, -0.05) is 11.3 Å². The average molecular weight is 444 g/mol. The Morgan fingerprint density at radius 3 is 2.33 bits per heavy atom. The number of nitrogens with zero attached hydrogens (tertiary/aromatic N) is 1. The smallest absolute Gasteiger partial charge is 0.338 e. The van der Waals surface area contributed by atoms with Gasteiger partial charge in [-0.3, -0.25) is 9.36 Å². The van der Waals surface area contributed by atoms with Gasteiger partial charge in [0.25, 0.3) is 5.91 Å². The third kappa shape index (κ3) is 4.69. The molecule has 0 saturated heterocycles. The predicted octanol–water partition coefficient (Wildman–Crippen LogP) is 4.68. The molecule has 0 fully saturated rings. The number of nitrogen functional groups attached to an aromatic ring is 1. The van der Waals surface area contributed by atoms with Crippen LogP contribution in [0.25, 0.3) is 5.69 Å². The van der Waals surface area contributed by atoms with Gasteiger partial charge in [-0.05, 0) is 74.6 Å². The molecule has 0 atom stereocenters. The zero-order chi connectivity index (χ0) is 21.7. The minimum absolute atomic E-state index is 0.234. The first-order chi connectivity index (χ1) is 14.4. The van der Waals surface area contributed by atoms with Gasteiger partial charge in [0.05, 0.1) is 18.8 Å². The number of hydrogen-bond acceptors (Lipinski definition) is 7. The minimum Gasteiger partial charge on any atom is -0.494 e. The molecule has 1 aromatic heterocycles. The first kappa shape index (κ1) is 21.5. The van der Waals surface area contributed by atoms with E-state index >= 15 is 0 Å². The lowest BCUT2D eigenvalue weighted by atomic mass is 10.2. The van der Waals surface area contributed by atoms with Gasteiger partial charge in [-0.2, -0.15) is 0 Å². The molecule has 3 N–H and O–H groups in total. The SMILES string of the molecule is CCOC(=O)c1ccc(-n2c(N)c(C(=O)Nc3ccc(OCC)cc3)sc2=S)cc1. The van der Waals surface area contributed by atoms with Gasteiger partial charge in [-0.15, -0.1) is 0 Å². The number of nitrogens with one attached hydrogen (secondary N) is 1. The molecular formula is C21H21N3O4S2. The van der Waals surface area contributed by atoms with Crippen molar-refractivity contribution in [2.75, 3.05) is 24.3 Å². The highest BCUT2D eigenvalue weighted by molar-refractivity contribution is 7.73. The Bertz CT molecular complexity index is 1100. The van der Waals surface area contributed by atoms with Gasteiger partial charge < -0.3 is 20.5 Å². The van der Waals surface area contributed by atoms with Crippen LogP contribution >= 0.6 is 23.6 Å². The van der Waals surface area contributed by atoms with E-state index in [-0.39, 0.29) is 11.7 Å². The van der Waals surface area contributed by atoms with Crippen molar-refractivity contribution in [3.8, 4) is 11.4 Å². The van der Waals surface area contributed by atoms with E-state index in [0.717, 1.165) is 17.1 Å². The van der Waals surface area contributed by atoms with Crippen molar-refractivity contribution in [1.29, 1.82) is 0 Å². The molecule has 30 heavy (non-hydrogen) atoms. The number of carbonyl (C=O) groups is 2. The molecule has 7 nitrogen and oxygen atoms in total. The molecule has 3 aromatic rings. The van der Waals surface area contributed by atoms with E-state index < -0.39 is 5.97 Å². The van der Waals surface area contributed by atoms with E-state index in [9.17, 15) is 9.59 Å². The van der Waals surface area contributed by atoms with Crippen molar-refractivity contribution in [3.63, 3.8) is 0 Å². The second-order valence-electron chi connectivity index (χ2n) is 6.10. The molecule has 9 heteroatoms. The molecule has 2 aromatic carbocycles. The van der Waals surface area contributed by atoms with Crippen LogP contribution in [0.15, 0.2) is 48.5 Å². The molecule has 0 bridgehead atoms. The van der Waals surface area contributed by atoms with Crippen LogP contribution in [0, 0.1) is 3.95 Å². The molecule has 156 valence electrons. The molecule has 1 amide bonds. The van der Waals surface area contributed by atoms with Crippen LogP contribution in [0.3, 0.4) is 0 Å². The number of aromatic nitrogens is 1. The summed E-state index contributed by atoms with van der Waals surface area (Å²) in [4.78, 5) is 24.9. The van der Waals surface area contributed by atoms with Crippen LogP contribution in [0.2, 0.25) is 0 Å². The van der Waals surface area contributed by atoms with Crippen molar-refractivity contribution in [3.05, 3.63) is 62.9 Å². The number of hydrogen-bond donors (Lipinski definition) is 2. The summed E-state index contributed by atoms with van der Waals surface area (Å²) >= 11 is 6.53. The highest BCUT2D eigenvalue weighted by atomic mass is 32.1. The van der Waals surface area contributed by atoms with Gasteiger partial charge in [-0.25, -0.2) is 4.79 Å². The second kappa shape index (κ2) is 9.55. The lowest BCUT2D eigenvalue weighted by Gasteiger charge is -2.09. The van der Waals surface area contributed by atoms with Gasteiger partial charge in [0.1, 0.15) is 16.4 Å². The number of rotatable bonds is 7. The van der Waals surface area contributed by atoms with Crippen LogP contribution in [0.5, 0.6) is 5.75 Å². The van der Waals surface area contributed by atoms with E-state index in [4.69, 9.17) is 27.4 Å². The van der Waals surface area contributed by atoms with Gasteiger partial charge in [0, 0.05) is 11.4 Å². The molecule has 0 radical (unpaired) electrons. The van der Waals surface area contributed by atoms with Gasteiger partial charge in [0.2, 0.25) is 0 Å². The number of nitrogens with two attached hydrogens (primary N) is 1. The maximum absolute atomic E-state index is 12.7. The van der Waals surface area contributed by atoms with Crippen LogP contribution < -0.4 is 15.8 Å². The van der Waals surface area contributed by atoms with Crippen molar-refractivity contribution in [2.24, 2.45) is 0 Å². The Balaban J connectivity index is 1.82. The molecule has 1 heterocycles. The Morgan fingerprint density at radius 2 is 1.73 bits per heavy atom. The summed E-state index contributed by atoms with van der Waals surface area (Å²) in [5, 5.41) is 2.81. The summed E-state index contributed by atoms with van der Waals surface area (Å²) in [6.07, 6.45) is 0. The summed E-state index contributed by atoms with van der Waals surface area (Å²) < 4.78 is 12.4. The third-order valence-electron chi connectivity index (χ3n) is 4.11. The average Bonchev–Trinajstić information content (AvgIpc) is 3.04. The number of anilines is 2. The molecule has 0 aliphatic carbocycles. The van der Waals surface area contributed by atoms with Gasteiger partial charge in [0.15, 0.2) is 3.95 Å². The second-order valence-corrected chi connectivity index (χ2v) is 7.74. The van der Waals surface area contributed by atoms with E-state index in [0.29, 0.717) is 39.0 Å². The number of thiazole rings is 1. The maximum Gasteiger partial charge on any atom is 0.338 e. The fourth-order valence-electron chi connectivity index (χ4n) is 2.74. The molecule has 3 rings (SSSR count). The Hall–Kier alpha value is -3.17. The molecule has 0 unspecified atom stereocenters. The molecule has 0 aliphatic heterocycles. The minimum atomic E-state index is -0.402. The number of ether oxygens (including phenoxy) is 2. The maximum atomic E-state index is 12.7. The van der Waals surface area contributed by atoms with Crippen molar-refractivity contribution in [1.82, 2.24) is 4.57 Å². The topological polar surface area (TPSA) is 95.6 Å². The zero-order valence-corrected chi connectivity index (χ0v) is 18.1. The van der Waals surface area contributed by atoms with E-state index in [1.807, 2.05) is 6.92 Å². The Kier molecular flexibility index (Phi) is 6.86. The molecule has 0 saturated carbocycles. The predicted molar refractivity (Wildman–Crippen MR) is 120 cm³/mol. The van der Waals surface area contributed by atoms with Crippen LogP contribution in [-0.4, -0.2) is 29.7 Å². The van der Waals surface area contributed by atoms with Crippen molar-refractivity contribution in [2.45, 2.75) is 13.8 Å². The zero-order valence-electron chi connectivity index (χ0n) is 16.5. The largest absolute Gasteiger partial charge is 0.494 e. The van der Waals surface area contributed by atoms with Crippen LogP contribution in [-0.2, 0) is 4.74 Å². The molecule has 0 spiro atoms. The first-order valence-electron chi connectivity index (χ1n) is 9.27.